The smallest absolute Gasteiger partial charge is 0.0367 e. The highest BCUT2D eigenvalue weighted by Gasteiger charge is 2.01. The Morgan fingerprint density at radius 1 is 1.15 bits per heavy atom. The molecule has 0 amide bonds. The fraction of sp³-hybridized carbons (Fsp3) is 0.455. The third-order valence-corrected chi connectivity index (χ3v) is 2.37. The van der Waals surface area contributed by atoms with Crippen LogP contribution in [0.3, 0.4) is 0 Å². The molecular weight excluding hydrogens is 160 g/mol. The molecule has 0 bridgehead atoms. The van der Waals surface area contributed by atoms with Gasteiger partial charge in [-0.05, 0) is 43.0 Å². The molecule has 13 heavy (non-hydrogen) atoms. The number of anilines is 2. The van der Waals surface area contributed by atoms with Crippen LogP contribution in [0, 0.1) is 6.92 Å². The largest absolute Gasteiger partial charge is 0.398 e. The summed E-state index contributed by atoms with van der Waals surface area (Å²) in [4.78, 5) is 0. The SMILES string of the molecule is CCCCc1cc(N)c(C)c(N)c1. The third-order valence-electron chi connectivity index (χ3n) is 2.37. The lowest BCUT2D eigenvalue weighted by atomic mass is 10.0. The highest BCUT2D eigenvalue weighted by molar-refractivity contribution is 5.62. The van der Waals surface area contributed by atoms with Gasteiger partial charge in [0.25, 0.3) is 0 Å². The number of nitrogens with two attached hydrogens (primary N) is 2. The van der Waals surface area contributed by atoms with E-state index in [0.717, 1.165) is 23.4 Å². The molecule has 0 aliphatic carbocycles. The molecule has 0 atom stereocenters. The molecule has 4 N–H and O–H groups in total. The van der Waals surface area contributed by atoms with Crippen LogP contribution in [0.2, 0.25) is 0 Å². The van der Waals surface area contributed by atoms with Crippen molar-refractivity contribution in [1.82, 2.24) is 0 Å². The van der Waals surface area contributed by atoms with Gasteiger partial charge in [0.05, 0.1) is 0 Å². The average Bonchev–Trinajstić information content (AvgIpc) is 2.10. The number of aryl methyl sites for hydroxylation is 1. The van der Waals surface area contributed by atoms with E-state index in [1.165, 1.54) is 18.4 Å². The van der Waals surface area contributed by atoms with E-state index in [4.69, 9.17) is 11.5 Å². The zero-order valence-corrected chi connectivity index (χ0v) is 8.43. The van der Waals surface area contributed by atoms with Crippen molar-refractivity contribution in [3.8, 4) is 0 Å². The van der Waals surface area contributed by atoms with E-state index in [1.54, 1.807) is 0 Å². The Morgan fingerprint density at radius 3 is 2.15 bits per heavy atom. The van der Waals surface area contributed by atoms with Crippen molar-refractivity contribution in [3.63, 3.8) is 0 Å². The van der Waals surface area contributed by atoms with E-state index in [-0.39, 0.29) is 0 Å². The minimum atomic E-state index is 0.811. The van der Waals surface area contributed by atoms with Gasteiger partial charge in [-0.1, -0.05) is 13.3 Å². The summed E-state index contributed by atoms with van der Waals surface area (Å²) < 4.78 is 0. The molecule has 0 aromatic heterocycles. The quantitative estimate of drug-likeness (QED) is 0.699. The molecule has 0 spiro atoms. The van der Waals surface area contributed by atoms with Crippen molar-refractivity contribution in [2.45, 2.75) is 33.1 Å². The summed E-state index contributed by atoms with van der Waals surface area (Å²) >= 11 is 0. The Labute approximate surface area is 79.9 Å². The number of hydrogen-bond acceptors (Lipinski definition) is 2. The van der Waals surface area contributed by atoms with Gasteiger partial charge in [-0.3, -0.25) is 0 Å². The average molecular weight is 178 g/mol. The van der Waals surface area contributed by atoms with E-state index in [2.05, 4.69) is 6.92 Å². The number of unbranched alkanes of at least 4 members (excludes halogenated alkanes) is 1. The van der Waals surface area contributed by atoms with Gasteiger partial charge in [0, 0.05) is 11.4 Å². The van der Waals surface area contributed by atoms with Crippen LogP contribution in [0.15, 0.2) is 12.1 Å². The van der Waals surface area contributed by atoms with Crippen molar-refractivity contribution in [2.75, 3.05) is 11.5 Å². The summed E-state index contributed by atoms with van der Waals surface area (Å²) in [5.74, 6) is 0. The third kappa shape index (κ3) is 2.38. The first-order valence-corrected chi connectivity index (χ1v) is 4.79. The Hall–Kier alpha value is -1.18. The molecule has 2 heteroatoms. The lowest BCUT2D eigenvalue weighted by Crippen LogP contribution is -1.98. The van der Waals surface area contributed by atoms with Crippen LogP contribution < -0.4 is 11.5 Å². The van der Waals surface area contributed by atoms with E-state index in [0.29, 0.717) is 0 Å². The standard InChI is InChI=1S/C11H18N2/c1-3-4-5-9-6-10(12)8(2)11(13)7-9/h6-7H,3-5,12-13H2,1-2H3. The summed E-state index contributed by atoms with van der Waals surface area (Å²) in [7, 11) is 0. The van der Waals surface area contributed by atoms with Gasteiger partial charge in [0.2, 0.25) is 0 Å². The van der Waals surface area contributed by atoms with Crippen LogP contribution in [-0.4, -0.2) is 0 Å². The van der Waals surface area contributed by atoms with Gasteiger partial charge in [0.1, 0.15) is 0 Å². The first kappa shape index (κ1) is 9.90. The minimum absolute atomic E-state index is 0.811. The normalized spacial score (nSPS) is 10.3. The molecule has 72 valence electrons. The van der Waals surface area contributed by atoms with E-state index >= 15 is 0 Å². The molecule has 0 fully saturated rings. The van der Waals surface area contributed by atoms with Crippen molar-refractivity contribution < 1.29 is 0 Å². The Morgan fingerprint density at radius 2 is 1.69 bits per heavy atom. The predicted molar refractivity (Wildman–Crippen MR) is 58.6 cm³/mol. The molecular formula is C11H18N2. The van der Waals surface area contributed by atoms with Crippen LogP contribution in [0.4, 0.5) is 11.4 Å². The van der Waals surface area contributed by atoms with Crippen LogP contribution in [0.1, 0.15) is 30.9 Å². The van der Waals surface area contributed by atoms with E-state index < -0.39 is 0 Å². The zero-order chi connectivity index (χ0) is 9.84. The first-order valence-electron chi connectivity index (χ1n) is 4.79. The predicted octanol–water partition coefficient (Wildman–Crippen LogP) is 2.50. The van der Waals surface area contributed by atoms with Gasteiger partial charge in [0.15, 0.2) is 0 Å². The van der Waals surface area contributed by atoms with Crippen molar-refractivity contribution in [1.29, 1.82) is 0 Å². The Bertz CT molecular complexity index is 269. The number of rotatable bonds is 3. The summed E-state index contributed by atoms with van der Waals surface area (Å²) in [5, 5.41) is 0. The van der Waals surface area contributed by atoms with Gasteiger partial charge >= 0.3 is 0 Å². The monoisotopic (exact) mass is 178 g/mol. The van der Waals surface area contributed by atoms with Crippen LogP contribution in [-0.2, 0) is 6.42 Å². The lowest BCUT2D eigenvalue weighted by molar-refractivity contribution is 0.795. The summed E-state index contributed by atoms with van der Waals surface area (Å²) in [6.45, 7) is 4.13. The molecule has 0 radical (unpaired) electrons. The van der Waals surface area contributed by atoms with Gasteiger partial charge in [-0.2, -0.15) is 0 Å². The molecule has 0 aliphatic heterocycles. The summed E-state index contributed by atoms with van der Waals surface area (Å²) in [6.07, 6.45) is 3.47. The van der Waals surface area contributed by atoms with Gasteiger partial charge in [-0.15, -0.1) is 0 Å². The lowest BCUT2D eigenvalue weighted by Gasteiger charge is -2.07. The molecule has 0 aliphatic rings. The molecule has 1 aromatic carbocycles. The zero-order valence-electron chi connectivity index (χ0n) is 8.43. The van der Waals surface area contributed by atoms with Crippen molar-refractivity contribution in [3.05, 3.63) is 23.3 Å². The molecule has 0 saturated carbocycles. The molecule has 0 saturated heterocycles. The maximum Gasteiger partial charge on any atom is 0.0367 e. The van der Waals surface area contributed by atoms with Gasteiger partial charge < -0.3 is 11.5 Å². The molecule has 1 rings (SSSR count). The number of nitrogen functional groups attached to an aromatic ring is 2. The maximum absolute atomic E-state index is 5.81. The molecule has 2 nitrogen and oxygen atoms in total. The molecule has 1 aromatic rings. The van der Waals surface area contributed by atoms with Crippen molar-refractivity contribution in [2.24, 2.45) is 0 Å². The van der Waals surface area contributed by atoms with E-state index in [1.807, 2.05) is 19.1 Å². The summed E-state index contributed by atoms with van der Waals surface area (Å²) in [5.41, 5.74) is 15.5. The second-order valence-corrected chi connectivity index (χ2v) is 3.50. The highest BCUT2D eigenvalue weighted by Crippen LogP contribution is 2.21. The maximum atomic E-state index is 5.81. The van der Waals surface area contributed by atoms with Crippen LogP contribution in [0.25, 0.3) is 0 Å². The second-order valence-electron chi connectivity index (χ2n) is 3.50. The van der Waals surface area contributed by atoms with Crippen molar-refractivity contribution >= 4 is 11.4 Å². The number of benzene rings is 1. The van der Waals surface area contributed by atoms with Gasteiger partial charge in [-0.25, -0.2) is 0 Å². The van der Waals surface area contributed by atoms with Crippen LogP contribution in [0.5, 0.6) is 0 Å². The Balaban J connectivity index is 2.86. The fourth-order valence-corrected chi connectivity index (χ4v) is 1.35. The van der Waals surface area contributed by atoms with Crippen LogP contribution >= 0.6 is 0 Å². The highest BCUT2D eigenvalue weighted by atomic mass is 14.6. The first-order chi connectivity index (χ1) is 6.15. The van der Waals surface area contributed by atoms with E-state index in [9.17, 15) is 0 Å². The molecule has 0 unspecified atom stereocenters. The fourth-order valence-electron chi connectivity index (χ4n) is 1.35. The minimum Gasteiger partial charge on any atom is -0.398 e. The number of hydrogen-bond donors (Lipinski definition) is 2. The second kappa shape index (κ2) is 4.17. The topological polar surface area (TPSA) is 52.0 Å². The Kier molecular flexibility index (Phi) is 3.18. The summed E-state index contributed by atoms with van der Waals surface area (Å²) in [6, 6.07) is 4.06. The molecule has 0 heterocycles.